The van der Waals surface area contributed by atoms with Crippen molar-refractivity contribution in [3.8, 4) is 0 Å². The summed E-state index contributed by atoms with van der Waals surface area (Å²) in [4.78, 5) is 0. The molecule has 1 heteroatoms. The van der Waals surface area contributed by atoms with E-state index in [4.69, 9.17) is 5.73 Å². The quantitative estimate of drug-likeness (QED) is 0.663. The lowest BCUT2D eigenvalue weighted by Gasteiger charge is -2.12. The summed E-state index contributed by atoms with van der Waals surface area (Å²) in [5.74, 6) is 0. The first-order valence-electron chi connectivity index (χ1n) is 4.63. The van der Waals surface area contributed by atoms with Crippen LogP contribution in [-0.2, 0) is 5.41 Å². The molecule has 0 amide bonds. The molecule has 1 nitrogen and oxygen atoms in total. The van der Waals surface area contributed by atoms with Gasteiger partial charge in [0.1, 0.15) is 0 Å². The van der Waals surface area contributed by atoms with Gasteiger partial charge in [-0.05, 0) is 42.4 Å². The smallest absolute Gasteiger partial charge is 0.0314 e. The predicted octanol–water partition coefficient (Wildman–Crippen LogP) is 2.71. The van der Waals surface area contributed by atoms with Gasteiger partial charge in [-0.15, -0.1) is 0 Å². The van der Waals surface area contributed by atoms with Crippen molar-refractivity contribution in [1.82, 2.24) is 0 Å². The summed E-state index contributed by atoms with van der Waals surface area (Å²) in [6.45, 7) is 2.27. The summed E-state index contributed by atoms with van der Waals surface area (Å²) in [5.41, 5.74) is 8.49. The Balaban J connectivity index is 2.29. The van der Waals surface area contributed by atoms with Crippen LogP contribution in [0.25, 0.3) is 0 Å². The van der Waals surface area contributed by atoms with Gasteiger partial charge in [0.15, 0.2) is 0 Å². The maximum absolute atomic E-state index is 5.63. The minimum atomic E-state index is 0.522. The molecule has 0 heterocycles. The van der Waals surface area contributed by atoms with Crippen LogP contribution in [0.2, 0.25) is 0 Å². The van der Waals surface area contributed by atoms with E-state index in [0.717, 1.165) is 5.69 Å². The molecular formula is C11H15N. The van der Waals surface area contributed by atoms with Gasteiger partial charge in [0.05, 0.1) is 0 Å². The van der Waals surface area contributed by atoms with E-state index in [0.29, 0.717) is 5.41 Å². The van der Waals surface area contributed by atoms with Crippen LogP contribution >= 0.6 is 0 Å². The predicted molar refractivity (Wildman–Crippen MR) is 52.1 cm³/mol. The van der Waals surface area contributed by atoms with E-state index in [2.05, 4.69) is 19.1 Å². The Bertz CT molecular complexity index is 270. The maximum atomic E-state index is 5.63. The third kappa shape index (κ3) is 1.09. The lowest BCUT2D eigenvalue weighted by Crippen LogP contribution is -2.03. The highest BCUT2D eigenvalue weighted by molar-refractivity contribution is 5.43. The molecule has 0 saturated heterocycles. The van der Waals surface area contributed by atoms with Crippen LogP contribution in [0.3, 0.4) is 0 Å². The highest BCUT2D eigenvalue weighted by Gasteiger charge is 2.41. The van der Waals surface area contributed by atoms with Crippen LogP contribution < -0.4 is 5.73 Å². The van der Waals surface area contributed by atoms with Gasteiger partial charge in [0.25, 0.3) is 0 Å². The zero-order valence-electron chi connectivity index (χ0n) is 7.51. The second-order valence-corrected chi connectivity index (χ2v) is 3.76. The lowest BCUT2D eigenvalue weighted by atomic mass is 9.93. The third-order valence-electron chi connectivity index (χ3n) is 3.05. The van der Waals surface area contributed by atoms with Crippen molar-refractivity contribution >= 4 is 5.69 Å². The molecule has 0 aliphatic heterocycles. The van der Waals surface area contributed by atoms with Crippen molar-refractivity contribution in [3.05, 3.63) is 29.8 Å². The molecule has 1 aliphatic rings. The molecule has 1 aliphatic carbocycles. The van der Waals surface area contributed by atoms with Crippen LogP contribution in [0.1, 0.15) is 31.7 Å². The van der Waals surface area contributed by atoms with Crippen LogP contribution in [-0.4, -0.2) is 0 Å². The Kier molecular flexibility index (Phi) is 1.60. The van der Waals surface area contributed by atoms with Crippen LogP contribution in [0, 0.1) is 0 Å². The molecule has 1 aromatic carbocycles. The van der Waals surface area contributed by atoms with Gasteiger partial charge in [-0.1, -0.05) is 19.1 Å². The molecule has 12 heavy (non-hydrogen) atoms. The van der Waals surface area contributed by atoms with Crippen LogP contribution in [0.5, 0.6) is 0 Å². The number of hydrogen-bond acceptors (Lipinski definition) is 1. The summed E-state index contributed by atoms with van der Waals surface area (Å²) in [6.07, 6.45) is 3.97. The first-order chi connectivity index (χ1) is 5.77. The summed E-state index contributed by atoms with van der Waals surface area (Å²) in [7, 11) is 0. The summed E-state index contributed by atoms with van der Waals surface area (Å²) < 4.78 is 0. The molecule has 0 radical (unpaired) electrons. The summed E-state index contributed by atoms with van der Waals surface area (Å²) in [6, 6.07) is 8.35. The van der Waals surface area contributed by atoms with Gasteiger partial charge in [-0.3, -0.25) is 0 Å². The van der Waals surface area contributed by atoms with Crippen LogP contribution in [0.15, 0.2) is 24.3 Å². The van der Waals surface area contributed by atoms with Crippen LogP contribution in [0.4, 0.5) is 5.69 Å². The molecule has 1 fully saturated rings. The first kappa shape index (κ1) is 7.66. The lowest BCUT2D eigenvalue weighted by molar-refractivity contribution is 0.664. The molecule has 2 N–H and O–H groups in total. The van der Waals surface area contributed by atoms with Crippen molar-refractivity contribution in [2.24, 2.45) is 0 Å². The summed E-state index contributed by atoms with van der Waals surface area (Å²) in [5, 5.41) is 0. The fraction of sp³-hybridized carbons (Fsp3) is 0.455. The number of nitrogen functional groups attached to an aromatic ring is 1. The van der Waals surface area contributed by atoms with Gasteiger partial charge < -0.3 is 5.73 Å². The van der Waals surface area contributed by atoms with E-state index in [1.54, 1.807) is 0 Å². The molecule has 0 unspecified atom stereocenters. The highest BCUT2D eigenvalue weighted by Crippen LogP contribution is 2.50. The topological polar surface area (TPSA) is 26.0 Å². The van der Waals surface area contributed by atoms with Crippen molar-refractivity contribution in [3.63, 3.8) is 0 Å². The molecule has 0 atom stereocenters. The zero-order valence-corrected chi connectivity index (χ0v) is 7.51. The monoisotopic (exact) mass is 161 g/mol. The van der Waals surface area contributed by atoms with Gasteiger partial charge >= 0.3 is 0 Å². The molecule has 64 valence electrons. The summed E-state index contributed by atoms with van der Waals surface area (Å²) >= 11 is 0. The average Bonchev–Trinajstić information content (AvgIpc) is 2.86. The second-order valence-electron chi connectivity index (χ2n) is 3.76. The normalized spacial score (nSPS) is 19.1. The van der Waals surface area contributed by atoms with Crippen molar-refractivity contribution in [2.45, 2.75) is 31.6 Å². The second kappa shape index (κ2) is 2.51. The molecule has 2 rings (SSSR count). The fourth-order valence-electron chi connectivity index (χ4n) is 1.83. The van der Waals surface area contributed by atoms with Gasteiger partial charge in [0.2, 0.25) is 0 Å². The van der Waals surface area contributed by atoms with Crippen molar-refractivity contribution < 1.29 is 0 Å². The first-order valence-corrected chi connectivity index (χ1v) is 4.63. The highest BCUT2D eigenvalue weighted by atomic mass is 14.5. The Morgan fingerprint density at radius 1 is 1.25 bits per heavy atom. The molecule has 1 aromatic rings. The largest absolute Gasteiger partial charge is 0.399 e. The Morgan fingerprint density at radius 3 is 2.25 bits per heavy atom. The van der Waals surface area contributed by atoms with Crippen molar-refractivity contribution in [1.29, 1.82) is 0 Å². The zero-order chi connectivity index (χ0) is 8.60. The van der Waals surface area contributed by atoms with E-state index in [1.165, 1.54) is 24.8 Å². The van der Waals surface area contributed by atoms with Gasteiger partial charge in [-0.2, -0.15) is 0 Å². The van der Waals surface area contributed by atoms with E-state index in [9.17, 15) is 0 Å². The minimum absolute atomic E-state index is 0.522. The molecule has 1 saturated carbocycles. The number of nitrogens with two attached hydrogens (primary N) is 1. The average molecular weight is 161 g/mol. The van der Waals surface area contributed by atoms with E-state index in [1.807, 2.05) is 12.1 Å². The third-order valence-corrected chi connectivity index (χ3v) is 3.05. The van der Waals surface area contributed by atoms with E-state index < -0.39 is 0 Å². The maximum Gasteiger partial charge on any atom is 0.0314 e. The Labute approximate surface area is 73.6 Å². The minimum Gasteiger partial charge on any atom is -0.399 e. The number of hydrogen-bond donors (Lipinski definition) is 1. The molecule has 0 bridgehead atoms. The van der Waals surface area contributed by atoms with Gasteiger partial charge in [0, 0.05) is 5.69 Å². The molecular weight excluding hydrogens is 146 g/mol. The van der Waals surface area contributed by atoms with Gasteiger partial charge in [-0.25, -0.2) is 0 Å². The number of anilines is 1. The van der Waals surface area contributed by atoms with Crippen molar-refractivity contribution in [2.75, 3.05) is 5.73 Å². The number of rotatable bonds is 2. The molecule has 0 aromatic heterocycles. The van der Waals surface area contributed by atoms with E-state index in [-0.39, 0.29) is 0 Å². The fourth-order valence-corrected chi connectivity index (χ4v) is 1.83. The number of benzene rings is 1. The van der Waals surface area contributed by atoms with E-state index >= 15 is 0 Å². The SMILES string of the molecule is CCC1(c2ccc(N)cc2)CC1. The molecule has 0 spiro atoms. The standard InChI is InChI=1S/C11H15N/c1-2-11(7-8-11)9-3-5-10(12)6-4-9/h3-6H,2,7-8,12H2,1H3. The Morgan fingerprint density at radius 2 is 1.83 bits per heavy atom. The Hall–Kier alpha value is -0.980.